The third-order valence-electron chi connectivity index (χ3n) is 2.83. The van der Waals surface area contributed by atoms with Gasteiger partial charge in [0.25, 0.3) is 0 Å². The minimum atomic E-state index is -0.224. The molecule has 0 aliphatic carbocycles. The Balaban J connectivity index is 2.24. The fourth-order valence-corrected chi connectivity index (χ4v) is 2.77. The molecule has 1 aromatic carbocycles. The van der Waals surface area contributed by atoms with Crippen LogP contribution in [-0.4, -0.2) is 16.5 Å². The number of aromatic nitrogens is 2. The lowest BCUT2D eigenvalue weighted by Crippen LogP contribution is -2.06. The van der Waals surface area contributed by atoms with Crippen LogP contribution in [0.2, 0.25) is 0 Å². The van der Waals surface area contributed by atoms with E-state index in [-0.39, 0.29) is 5.82 Å². The Bertz CT molecular complexity index is 558. The standard InChI is InChI=1S/C15H18FN3S/c1-3-9-17-14-13(4-2)15(19-10-18-14)20-12-7-5-11(16)6-8-12/h5-8,10H,3-4,9H2,1-2H3,(H,17,18,19). The number of rotatable bonds is 6. The van der Waals surface area contributed by atoms with Crippen LogP contribution in [0.25, 0.3) is 0 Å². The smallest absolute Gasteiger partial charge is 0.133 e. The van der Waals surface area contributed by atoms with Crippen LogP contribution in [0.1, 0.15) is 25.8 Å². The molecular formula is C15H18FN3S. The summed E-state index contributed by atoms with van der Waals surface area (Å²) >= 11 is 1.54. The zero-order valence-electron chi connectivity index (χ0n) is 11.7. The van der Waals surface area contributed by atoms with Gasteiger partial charge in [0.2, 0.25) is 0 Å². The highest BCUT2D eigenvalue weighted by atomic mass is 32.2. The number of nitrogens with one attached hydrogen (secondary N) is 1. The number of benzene rings is 1. The van der Waals surface area contributed by atoms with E-state index in [1.54, 1.807) is 18.5 Å². The van der Waals surface area contributed by atoms with E-state index >= 15 is 0 Å². The average Bonchev–Trinajstić information content (AvgIpc) is 2.47. The molecule has 106 valence electrons. The molecule has 0 amide bonds. The third-order valence-corrected chi connectivity index (χ3v) is 3.88. The summed E-state index contributed by atoms with van der Waals surface area (Å²) in [5.74, 6) is 0.673. The first-order valence-electron chi connectivity index (χ1n) is 6.75. The van der Waals surface area contributed by atoms with E-state index in [9.17, 15) is 4.39 Å². The predicted molar refractivity (Wildman–Crippen MR) is 80.7 cm³/mol. The van der Waals surface area contributed by atoms with Crippen LogP contribution in [0, 0.1) is 5.82 Å². The highest BCUT2D eigenvalue weighted by molar-refractivity contribution is 7.99. The summed E-state index contributed by atoms with van der Waals surface area (Å²) in [6.45, 7) is 5.10. The summed E-state index contributed by atoms with van der Waals surface area (Å²) < 4.78 is 12.9. The largest absolute Gasteiger partial charge is 0.370 e. The van der Waals surface area contributed by atoms with Gasteiger partial charge in [-0.1, -0.05) is 25.6 Å². The number of anilines is 1. The summed E-state index contributed by atoms with van der Waals surface area (Å²) in [7, 11) is 0. The molecular weight excluding hydrogens is 273 g/mol. The molecule has 1 aromatic heterocycles. The third kappa shape index (κ3) is 3.70. The van der Waals surface area contributed by atoms with Gasteiger partial charge in [-0.2, -0.15) is 0 Å². The van der Waals surface area contributed by atoms with E-state index in [0.717, 1.165) is 40.7 Å². The first kappa shape index (κ1) is 14.8. The number of nitrogens with zero attached hydrogens (tertiary/aromatic N) is 2. The summed E-state index contributed by atoms with van der Waals surface area (Å²) in [5, 5.41) is 4.25. The maximum Gasteiger partial charge on any atom is 0.133 e. The molecule has 0 spiro atoms. The number of hydrogen-bond acceptors (Lipinski definition) is 4. The van der Waals surface area contributed by atoms with Gasteiger partial charge >= 0.3 is 0 Å². The van der Waals surface area contributed by atoms with Gasteiger partial charge in [0.1, 0.15) is 23.0 Å². The van der Waals surface area contributed by atoms with Gasteiger partial charge in [0.05, 0.1) is 0 Å². The lowest BCUT2D eigenvalue weighted by Gasteiger charge is -2.12. The minimum Gasteiger partial charge on any atom is -0.370 e. The van der Waals surface area contributed by atoms with E-state index < -0.39 is 0 Å². The Morgan fingerprint density at radius 1 is 1.15 bits per heavy atom. The van der Waals surface area contributed by atoms with Gasteiger partial charge in [0, 0.05) is 17.0 Å². The van der Waals surface area contributed by atoms with Crippen LogP contribution in [0.15, 0.2) is 40.5 Å². The highest BCUT2D eigenvalue weighted by Crippen LogP contribution is 2.31. The molecule has 0 fully saturated rings. The van der Waals surface area contributed by atoms with Crippen molar-refractivity contribution in [1.82, 2.24) is 9.97 Å². The second-order valence-corrected chi connectivity index (χ2v) is 5.40. The first-order chi connectivity index (χ1) is 9.74. The van der Waals surface area contributed by atoms with E-state index in [4.69, 9.17) is 0 Å². The Morgan fingerprint density at radius 2 is 1.90 bits per heavy atom. The van der Waals surface area contributed by atoms with Gasteiger partial charge in [0.15, 0.2) is 0 Å². The van der Waals surface area contributed by atoms with Crippen molar-refractivity contribution in [3.63, 3.8) is 0 Å². The average molecular weight is 291 g/mol. The molecule has 1 N–H and O–H groups in total. The quantitative estimate of drug-likeness (QED) is 0.811. The molecule has 0 saturated carbocycles. The lowest BCUT2D eigenvalue weighted by atomic mass is 10.2. The zero-order chi connectivity index (χ0) is 14.4. The van der Waals surface area contributed by atoms with Crippen molar-refractivity contribution in [2.75, 3.05) is 11.9 Å². The Hall–Kier alpha value is -1.62. The molecule has 0 unspecified atom stereocenters. The van der Waals surface area contributed by atoms with Crippen molar-refractivity contribution in [3.05, 3.63) is 42.0 Å². The second-order valence-electron chi connectivity index (χ2n) is 4.34. The number of hydrogen-bond donors (Lipinski definition) is 1. The number of halogens is 1. The first-order valence-corrected chi connectivity index (χ1v) is 7.57. The summed E-state index contributed by atoms with van der Waals surface area (Å²) in [5.41, 5.74) is 1.11. The van der Waals surface area contributed by atoms with Crippen molar-refractivity contribution < 1.29 is 4.39 Å². The van der Waals surface area contributed by atoms with Crippen molar-refractivity contribution in [1.29, 1.82) is 0 Å². The molecule has 0 aliphatic rings. The molecule has 0 radical (unpaired) electrons. The van der Waals surface area contributed by atoms with Crippen LogP contribution < -0.4 is 5.32 Å². The second kappa shape index (κ2) is 7.24. The molecule has 0 saturated heterocycles. The van der Waals surface area contributed by atoms with Gasteiger partial charge in [-0.25, -0.2) is 14.4 Å². The van der Waals surface area contributed by atoms with E-state index in [1.165, 1.54) is 23.9 Å². The SMILES string of the molecule is CCCNc1ncnc(Sc2ccc(F)cc2)c1CC. The molecule has 1 heterocycles. The Labute approximate surface area is 123 Å². The topological polar surface area (TPSA) is 37.8 Å². The molecule has 2 aromatic rings. The van der Waals surface area contributed by atoms with Crippen molar-refractivity contribution in [2.45, 2.75) is 36.6 Å². The Kier molecular flexibility index (Phi) is 5.35. The van der Waals surface area contributed by atoms with Gasteiger partial charge in [-0.3, -0.25) is 0 Å². The van der Waals surface area contributed by atoms with Crippen LogP contribution in [0.3, 0.4) is 0 Å². The van der Waals surface area contributed by atoms with Crippen molar-refractivity contribution >= 4 is 17.6 Å². The maximum absolute atomic E-state index is 12.9. The van der Waals surface area contributed by atoms with Crippen LogP contribution >= 0.6 is 11.8 Å². The summed E-state index contributed by atoms with van der Waals surface area (Å²) in [4.78, 5) is 9.64. The fourth-order valence-electron chi connectivity index (χ4n) is 1.81. The summed E-state index contributed by atoms with van der Waals surface area (Å²) in [6, 6.07) is 6.46. The predicted octanol–water partition coefficient (Wildman–Crippen LogP) is 4.15. The zero-order valence-corrected chi connectivity index (χ0v) is 12.5. The molecule has 0 bridgehead atoms. The van der Waals surface area contributed by atoms with Gasteiger partial charge in [-0.15, -0.1) is 0 Å². The minimum absolute atomic E-state index is 0.224. The maximum atomic E-state index is 12.9. The van der Waals surface area contributed by atoms with Crippen molar-refractivity contribution in [2.24, 2.45) is 0 Å². The van der Waals surface area contributed by atoms with E-state index in [1.807, 2.05) is 0 Å². The van der Waals surface area contributed by atoms with E-state index in [0.29, 0.717) is 0 Å². The van der Waals surface area contributed by atoms with Crippen LogP contribution in [0.5, 0.6) is 0 Å². The van der Waals surface area contributed by atoms with Crippen molar-refractivity contribution in [3.8, 4) is 0 Å². The molecule has 2 rings (SSSR count). The Morgan fingerprint density at radius 3 is 2.55 bits per heavy atom. The van der Waals surface area contributed by atoms with Crippen LogP contribution in [0.4, 0.5) is 10.2 Å². The summed E-state index contributed by atoms with van der Waals surface area (Å²) in [6.07, 6.45) is 3.48. The van der Waals surface area contributed by atoms with Crippen LogP contribution in [-0.2, 0) is 6.42 Å². The highest BCUT2D eigenvalue weighted by Gasteiger charge is 2.10. The van der Waals surface area contributed by atoms with E-state index in [2.05, 4.69) is 29.1 Å². The molecule has 5 heteroatoms. The molecule has 20 heavy (non-hydrogen) atoms. The molecule has 0 atom stereocenters. The molecule has 3 nitrogen and oxygen atoms in total. The van der Waals surface area contributed by atoms with Gasteiger partial charge < -0.3 is 5.32 Å². The normalized spacial score (nSPS) is 10.6. The lowest BCUT2D eigenvalue weighted by molar-refractivity contribution is 0.626. The van der Waals surface area contributed by atoms with Gasteiger partial charge in [-0.05, 0) is 37.1 Å². The molecule has 0 aliphatic heterocycles. The monoisotopic (exact) mass is 291 g/mol. The fraction of sp³-hybridized carbons (Fsp3) is 0.333.